The predicted molar refractivity (Wildman–Crippen MR) is 97.7 cm³/mol. The van der Waals surface area contributed by atoms with Crippen molar-refractivity contribution in [2.24, 2.45) is 7.05 Å². The van der Waals surface area contributed by atoms with Gasteiger partial charge < -0.3 is 4.74 Å². The van der Waals surface area contributed by atoms with Crippen molar-refractivity contribution in [1.29, 1.82) is 0 Å². The van der Waals surface area contributed by atoms with E-state index in [9.17, 15) is 26.7 Å². The van der Waals surface area contributed by atoms with Crippen molar-refractivity contribution < 1.29 is 26.7 Å². The first-order chi connectivity index (χ1) is 14.1. The van der Waals surface area contributed by atoms with Gasteiger partial charge in [0, 0.05) is 30.9 Å². The second kappa shape index (κ2) is 6.78. The van der Waals surface area contributed by atoms with Crippen LogP contribution in [-0.2, 0) is 7.05 Å². The zero-order valence-electron chi connectivity index (χ0n) is 15.3. The fourth-order valence-corrected chi connectivity index (χ4v) is 2.95. The highest BCUT2D eigenvalue weighted by molar-refractivity contribution is 5.81. The summed E-state index contributed by atoms with van der Waals surface area (Å²) in [5.41, 5.74) is 1.54. The first-order valence-electron chi connectivity index (χ1n) is 8.60. The van der Waals surface area contributed by atoms with Crippen molar-refractivity contribution in [2.75, 3.05) is 6.61 Å². The van der Waals surface area contributed by atoms with E-state index in [2.05, 4.69) is 14.8 Å². The molecule has 0 saturated carbocycles. The van der Waals surface area contributed by atoms with Crippen LogP contribution in [0.25, 0.3) is 27.8 Å². The zero-order valence-corrected chi connectivity index (χ0v) is 15.3. The molecule has 30 heavy (non-hydrogen) atoms. The largest absolute Gasteiger partial charge is 0.471 e. The Hall–Kier alpha value is -3.50. The van der Waals surface area contributed by atoms with Crippen molar-refractivity contribution in [1.82, 2.24) is 19.2 Å². The maximum Gasteiger partial charge on any atom is 0.456 e. The normalized spacial score (nSPS) is 12.6. The maximum absolute atomic E-state index is 13.1. The number of para-hydroxylation sites is 1. The van der Waals surface area contributed by atoms with Gasteiger partial charge >= 0.3 is 12.1 Å². The number of rotatable bonds is 4. The van der Waals surface area contributed by atoms with Gasteiger partial charge in [-0.15, -0.1) is 0 Å². The number of benzene rings is 1. The van der Waals surface area contributed by atoms with Gasteiger partial charge in [-0.1, -0.05) is 12.1 Å². The number of ether oxygens (including phenoxy) is 1. The van der Waals surface area contributed by atoms with Crippen molar-refractivity contribution in [3.63, 3.8) is 0 Å². The van der Waals surface area contributed by atoms with Crippen LogP contribution in [0.15, 0.2) is 53.5 Å². The van der Waals surface area contributed by atoms with E-state index >= 15 is 0 Å². The van der Waals surface area contributed by atoms with Crippen LogP contribution >= 0.6 is 0 Å². The molecule has 156 valence electrons. The number of aromatic nitrogens is 4. The average Bonchev–Trinajstić information content (AvgIpc) is 3.16. The Morgan fingerprint density at radius 2 is 1.80 bits per heavy atom. The van der Waals surface area contributed by atoms with Crippen molar-refractivity contribution in [3.05, 3.63) is 59.0 Å². The molecule has 0 saturated heterocycles. The molecule has 0 radical (unpaired) electrons. The number of aryl methyl sites for hydroxylation is 1. The lowest BCUT2D eigenvalue weighted by atomic mass is 10.2. The Morgan fingerprint density at radius 1 is 1.07 bits per heavy atom. The third kappa shape index (κ3) is 3.25. The molecule has 0 aliphatic heterocycles. The van der Waals surface area contributed by atoms with Crippen LogP contribution in [0, 0.1) is 0 Å². The lowest BCUT2D eigenvalue weighted by Gasteiger charge is -2.19. The minimum atomic E-state index is -5.72. The smallest absolute Gasteiger partial charge is 0.456 e. The maximum atomic E-state index is 13.1. The summed E-state index contributed by atoms with van der Waals surface area (Å²) in [6.07, 6.45) is -4.52. The standard InChI is InChI=1S/C19H13F5N4O2/c1-27-16-9-13(26-28(16)14-5-3-2-4-12(14)17(27)29)11-6-7-25-15(8-11)30-10-18(20,21)19(22,23)24/h2-9H,10H2,1H3. The van der Waals surface area contributed by atoms with Gasteiger partial charge in [-0.3, -0.25) is 9.36 Å². The minimum absolute atomic E-state index is 0.224. The van der Waals surface area contributed by atoms with Crippen molar-refractivity contribution in [2.45, 2.75) is 12.1 Å². The summed E-state index contributed by atoms with van der Waals surface area (Å²) in [6.45, 7) is -1.89. The third-order valence-electron chi connectivity index (χ3n) is 4.55. The molecule has 3 aromatic heterocycles. The van der Waals surface area contributed by atoms with Crippen LogP contribution < -0.4 is 10.3 Å². The Kier molecular flexibility index (Phi) is 4.48. The van der Waals surface area contributed by atoms with Gasteiger partial charge in [-0.2, -0.15) is 27.1 Å². The van der Waals surface area contributed by atoms with E-state index < -0.39 is 24.6 Å². The van der Waals surface area contributed by atoms with E-state index in [4.69, 9.17) is 0 Å². The summed E-state index contributed by atoms with van der Waals surface area (Å²) in [7, 11) is 1.58. The number of halogens is 5. The highest BCUT2D eigenvalue weighted by Crippen LogP contribution is 2.35. The molecule has 3 heterocycles. The van der Waals surface area contributed by atoms with Crippen LogP contribution in [0.4, 0.5) is 22.0 Å². The second-order valence-corrected chi connectivity index (χ2v) is 6.55. The van der Waals surface area contributed by atoms with Crippen LogP contribution in [0.5, 0.6) is 5.88 Å². The molecule has 4 rings (SSSR count). The molecular weight excluding hydrogens is 411 g/mol. The van der Waals surface area contributed by atoms with E-state index in [0.717, 1.165) is 0 Å². The molecule has 0 aliphatic rings. The number of hydrogen-bond acceptors (Lipinski definition) is 4. The lowest BCUT2D eigenvalue weighted by molar-refractivity contribution is -0.290. The Morgan fingerprint density at radius 3 is 2.53 bits per heavy atom. The monoisotopic (exact) mass is 424 g/mol. The molecule has 11 heteroatoms. The molecule has 0 atom stereocenters. The molecule has 0 bridgehead atoms. The Bertz CT molecular complexity index is 1310. The van der Waals surface area contributed by atoms with E-state index in [1.807, 2.05) is 0 Å². The van der Waals surface area contributed by atoms with E-state index in [-0.39, 0.29) is 5.56 Å². The summed E-state index contributed by atoms with van der Waals surface area (Å²) < 4.78 is 70.6. The van der Waals surface area contributed by atoms with Crippen molar-refractivity contribution in [3.8, 4) is 17.1 Å². The zero-order chi connectivity index (χ0) is 21.7. The molecule has 6 nitrogen and oxygen atoms in total. The quantitative estimate of drug-likeness (QED) is 0.468. The first-order valence-corrected chi connectivity index (χ1v) is 8.60. The van der Waals surface area contributed by atoms with Crippen LogP contribution in [-0.4, -0.2) is 37.9 Å². The third-order valence-corrected chi connectivity index (χ3v) is 4.55. The van der Waals surface area contributed by atoms with E-state index in [0.29, 0.717) is 27.8 Å². The van der Waals surface area contributed by atoms with Gasteiger partial charge in [0.25, 0.3) is 5.56 Å². The fourth-order valence-electron chi connectivity index (χ4n) is 2.95. The van der Waals surface area contributed by atoms with Crippen molar-refractivity contribution >= 4 is 16.6 Å². The number of pyridine rings is 1. The summed E-state index contributed by atoms with van der Waals surface area (Å²) >= 11 is 0. The Labute approximate surface area is 165 Å². The topological polar surface area (TPSA) is 61.4 Å². The molecule has 0 amide bonds. The van der Waals surface area contributed by atoms with E-state index in [1.165, 1.54) is 22.9 Å². The summed E-state index contributed by atoms with van der Waals surface area (Å²) in [5, 5.41) is 4.90. The molecule has 4 aromatic rings. The molecule has 1 aromatic carbocycles. The highest BCUT2D eigenvalue weighted by Gasteiger charge is 2.58. The van der Waals surface area contributed by atoms with Gasteiger partial charge in [-0.05, 0) is 18.2 Å². The summed E-state index contributed by atoms with van der Waals surface area (Å²) in [5.74, 6) is -5.42. The van der Waals surface area contributed by atoms with Gasteiger partial charge in [-0.25, -0.2) is 9.50 Å². The molecule has 0 N–H and O–H groups in total. The Balaban J connectivity index is 1.73. The van der Waals surface area contributed by atoms with Crippen LogP contribution in [0.3, 0.4) is 0 Å². The fraction of sp³-hybridized carbons (Fsp3) is 0.211. The van der Waals surface area contributed by atoms with Crippen LogP contribution in [0.2, 0.25) is 0 Å². The molecule has 0 spiro atoms. The van der Waals surface area contributed by atoms with Gasteiger partial charge in [0.2, 0.25) is 5.88 Å². The number of alkyl halides is 5. The summed E-state index contributed by atoms with van der Waals surface area (Å²) in [4.78, 5) is 16.2. The molecule has 0 aliphatic carbocycles. The van der Waals surface area contributed by atoms with E-state index in [1.54, 1.807) is 41.9 Å². The molecule has 0 unspecified atom stereocenters. The SMILES string of the molecule is Cn1c(=O)c2ccccc2n2nc(-c3ccnc(OCC(F)(F)C(F)(F)F)c3)cc12. The van der Waals surface area contributed by atoms with Gasteiger partial charge in [0.15, 0.2) is 6.61 Å². The lowest BCUT2D eigenvalue weighted by Crippen LogP contribution is -2.41. The highest BCUT2D eigenvalue weighted by atomic mass is 19.4. The minimum Gasteiger partial charge on any atom is -0.471 e. The number of hydrogen-bond donors (Lipinski definition) is 0. The predicted octanol–water partition coefficient (Wildman–Crippen LogP) is 3.82. The number of fused-ring (bicyclic) bond motifs is 3. The first kappa shape index (κ1) is 19.8. The van der Waals surface area contributed by atoms with Gasteiger partial charge in [0.05, 0.1) is 16.6 Å². The molecule has 0 fully saturated rings. The molecular formula is C19H13F5N4O2. The number of nitrogens with zero attached hydrogens (tertiary/aromatic N) is 4. The summed E-state index contributed by atoms with van der Waals surface area (Å²) in [6, 6.07) is 11.2. The van der Waals surface area contributed by atoms with Gasteiger partial charge in [0.1, 0.15) is 5.65 Å². The van der Waals surface area contributed by atoms with Crippen LogP contribution in [0.1, 0.15) is 0 Å². The average molecular weight is 424 g/mol. The second-order valence-electron chi connectivity index (χ2n) is 6.55.